The van der Waals surface area contributed by atoms with Gasteiger partial charge in [-0.05, 0) is 32.9 Å². The number of anilines is 2. The topological polar surface area (TPSA) is 50.9 Å². The first-order chi connectivity index (χ1) is 6.59. The SMILES string of the molecule is CC(C)=CCNc1ccc(N)c(C)n1. The smallest absolute Gasteiger partial charge is 0.126 e. The molecule has 0 aromatic carbocycles. The molecule has 0 atom stereocenters. The third-order valence-electron chi connectivity index (χ3n) is 1.92. The van der Waals surface area contributed by atoms with Gasteiger partial charge in [-0.25, -0.2) is 4.98 Å². The highest BCUT2D eigenvalue weighted by atomic mass is 15.0. The van der Waals surface area contributed by atoms with Crippen molar-refractivity contribution in [3.63, 3.8) is 0 Å². The van der Waals surface area contributed by atoms with Crippen LogP contribution < -0.4 is 11.1 Å². The summed E-state index contributed by atoms with van der Waals surface area (Å²) in [7, 11) is 0. The van der Waals surface area contributed by atoms with Gasteiger partial charge in [-0.15, -0.1) is 0 Å². The van der Waals surface area contributed by atoms with Crippen LogP contribution in [0.4, 0.5) is 11.5 Å². The summed E-state index contributed by atoms with van der Waals surface area (Å²) in [5.74, 6) is 0.870. The van der Waals surface area contributed by atoms with Gasteiger partial charge >= 0.3 is 0 Å². The minimum atomic E-state index is 0.734. The molecule has 0 unspecified atom stereocenters. The van der Waals surface area contributed by atoms with Crippen molar-refractivity contribution < 1.29 is 0 Å². The second kappa shape index (κ2) is 4.65. The van der Waals surface area contributed by atoms with Crippen LogP contribution in [0.3, 0.4) is 0 Å². The molecule has 0 amide bonds. The Hall–Kier alpha value is -1.51. The first-order valence-electron chi connectivity index (χ1n) is 4.70. The number of aryl methyl sites for hydroxylation is 1. The predicted molar refractivity (Wildman–Crippen MR) is 61.3 cm³/mol. The van der Waals surface area contributed by atoms with Crippen LogP contribution in [0.25, 0.3) is 0 Å². The monoisotopic (exact) mass is 191 g/mol. The minimum Gasteiger partial charge on any atom is -0.397 e. The van der Waals surface area contributed by atoms with Crippen molar-refractivity contribution >= 4 is 11.5 Å². The number of rotatable bonds is 3. The lowest BCUT2D eigenvalue weighted by molar-refractivity contribution is 1.16. The molecule has 0 saturated carbocycles. The molecule has 0 radical (unpaired) electrons. The molecule has 1 aromatic rings. The predicted octanol–water partition coefficient (Wildman–Crippen LogP) is 2.35. The zero-order valence-corrected chi connectivity index (χ0v) is 8.96. The number of nitrogens with two attached hydrogens (primary N) is 1. The van der Waals surface area contributed by atoms with Gasteiger partial charge in [-0.1, -0.05) is 11.6 Å². The van der Waals surface area contributed by atoms with E-state index in [2.05, 4.69) is 30.2 Å². The number of nitrogens with zero attached hydrogens (tertiary/aromatic N) is 1. The van der Waals surface area contributed by atoms with Crippen LogP contribution >= 0.6 is 0 Å². The van der Waals surface area contributed by atoms with Gasteiger partial charge in [0.1, 0.15) is 5.82 Å². The maximum Gasteiger partial charge on any atom is 0.126 e. The Kier molecular flexibility index (Phi) is 3.51. The van der Waals surface area contributed by atoms with Crippen LogP contribution in [0.2, 0.25) is 0 Å². The second-order valence-corrected chi connectivity index (χ2v) is 3.53. The van der Waals surface area contributed by atoms with E-state index in [0.717, 1.165) is 23.7 Å². The molecule has 3 N–H and O–H groups in total. The Labute approximate surface area is 85.0 Å². The summed E-state index contributed by atoms with van der Waals surface area (Å²) >= 11 is 0. The Bertz CT molecular complexity index is 338. The van der Waals surface area contributed by atoms with Crippen LogP contribution in [0.15, 0.2) is 23.8 Å². The number of hydrogen-bond donors (Lipinski definition) is 2. The molecule has 0 aliphatic rings. The van der Waals surface area contributed by atoms with Crippen LogP contribution in [0.1, 0.15) is 19.5 Å². The number of hydrogen-bond acceptors (Lipinski definition) is 3. The average molecular weight is 191 g/mol. The molecule has 0 saturated heterocycles. The van der Waals surface area contributed by atoms with E-state index in [1.54, 1.807) is 0 Å². The summed E-state index contributed by atoms with van der Waals surface area (Å²) in [6, 6.07) is 3.76. The van der Waals surface area contributed by atoms with E-state index < -0.39 is 0 Å². The fraction of sp³-hybridized carbons (Fsp3) is 0.364. The number of aromatic nitrogens is 1. The highest BCUT2D eigenvalue weighted by Gasteiger charge is 1.96. The van der Waals surface area contributed by atoms with Crippen molar-refractivity contribution in [2.75, 3.05) is 17.6 Å². The van der Waals surface area contributed by atoms with Crippen molar-refractivity contribution in [1.29, 1.82) is 0 Å². The van der Waals surface area contributed by atoms with Gasteiger partial charge in [0.2, 0.25) is 0 Å². The first kappa shape index (κ1) is 10.6. The van der Waals surface area contributed by atoms with Crippen molar-refractivity contribution in [2.24, 2.45) is 0 Å². The summed E-state index contributed by atoms with van der Waals surface area (Å²) in [6.07, 6.45) is 2.12. The van der Waals surface area contributed by atoms with E-state index >= 15 is 0 Å². The maximum atomic E-state index is 5.66. The number of nitrogen functional groups attached to an aromatic ring is 1. The second-order valence-electron chi connectivity index (χ2n) is 3.53. The van der Waals surface area contributed by atoms with Gasteiger partial charge in [0.15, 0.2) is 0 Å². The molecule has 1 heterocycles. The summed E-state index contributed by atoms with van der Waals surface area (Å²) in [5.41, 5.74) is 8.56. The van der Waals surface area contributed by atoms with Gasteiger partial charge in [-0.2, -0.15) is 0 Å². The molecule has 0 bridgehead atoms. The third kappa shape index (κ3) is 3.09. The zero-order valence-electron chi connectivity index (χ0n) is 8.96. The van der Waals surface area contributed by atoms with Crippen molar-refractivity contribution in [1.82, 2.24) is 4.98 Å². The Morgan fingerprint density at radius 2 is 2.21 bits per heavy atom. The molecule has 0 spiro atoms. The molecule has 1 rings (SSSR count). The van der Waals surface area contributed by atoms with Gasteiger partial charge in [0.05, 0.1) is 11.4 Å². The average Bonchev–Trinajstić information content (AvgIpc) is 2.10. The van der Waals surface area contributed by atoms with E-state index in [1.807, 2.05) is 19.1 Å². The fourth-order valence-corrected chi connectivity index (χ4v) is 1.03. The summed E-state index contributed by atoms with van der Waals surface area (Å²) in [4.78, 5) is 4.30. The lowest BCUT2D eigenvalue weighted by Crippen LogP contribution is -2.03. The molecule has 3 heteroatoms. The van der Waals surface area contributed by atoms with Crippen LogP contribution in [0, 0.1) is 6.92 Å². The van der Waals surface area contributed by atoms with Gasteiger partial charge in [0.25, 0.3) is 0 Å². The minimum absolute atomic E-state index is 0.734. The normalized spacial score (nSPS) is 9.64. The number of allylic oxidation sites excluding steroid dienone is 1. The molecule has 0 aliphatic carbocycles. The van der Waals surface area contributed by atoms with E-state index in [-0.39, 0.29) is 0 Å². The van der Waals surface area contributed by atoms with E-state index in [1.165, 1.54) is 5.57 Å². The molecule has 76 valence electrons. The van der Waals surface area contributed by atoms with Gasteiger partial charge in [0, 0.05) is 6.54 Å². The van der Waals surface area contributed by atoms with Crippen molar-refractivity contribution in [2.45, 2.75) is 20.8 Å². The summed E-state index contributed by atoms with van der Waals surface area (Å²) in [5, 5.41) is 3.20. The fourth-order valence-electron chi connectivity index (χ4n) is 1.03. The highest BCUT2D eigenvalue weighted by Crippen LogP contribution is 2.11. The molecule has 1 aromatic heterocycles. The molecule has 3 nitrogen and oxygen atoms in total. The van der Waals surface area contributed by atoms with E-state index in [9.17, 15) is 0 Å². The number of nitrogens with one attached hydrogen (secondary N) is 1. The zero-order chi connectivity index (χ0) is 10.6. The van der Waals surface area contributed by atoms with Crippen LogP contribution in [-0.2, 0) is 0 Å². The summed E-state index contributed by atoms with van der Waals surface area (Å²) < 4.78 is 0. The lowest BCUT2D eigenvalue weighted by atomic mass is 10.3. The molecule has 14 heavy (non-hydrogen) atoms. The molecule has 0 fully saturated rings. The third-order valence-corrected chi connectivity index (χ3v) is 1.92. The van der Waals surface area contributed by atoms with Crippen molar-refractivity contribution in [3.05, 3.63) is 29.5 Å². The van der Waals surface area contributed by atoms with Gasteiger partial charge < -0.3 is 11.1 Å². The highest BCUT2D eigenvalue weighted by molar-refractivity contribution is 5.49. The lowest BCUT2D eigenvalue weighted by Gasteiger charge is -2.05. The maximum absolute atomic E-state index is 5.66. The first-order valence-corrected chi connectivity index (χ1v) is 4.70. The summed E-state index contributed by atoms with van der Waals surface area (Å²) in [6.45, 7) is 6.85. The Balaban J connectivity index is 2.60. The van der Waals surface area contributed by atoms with Gasteiger partial charge in [-0.3, -0.25) is 0 Å². The largest absolute Gasteiger partial charge is 0.397 e. The molecular weight excluding hydrogens is 174 g/mol. The standard InChI is InChI=1S/C11H17N3/c1-8(2)6-7-13-11-5-4-10(12)9(3)14-11/h4-6H,7,12H2,1-3H3,(H,13,14). The molecule has 0 aliphatic heterocycles. The molecular formula is C11H17N3. The van der Waals surface area contributed by atoms with Crippen LogP contribution in [0.5, 0.6) is 0 Å². The van der Waals surface area contributed by atoms with E-state index in [4.69, 9.17) is 5.73 Å². The Morgan fingerprint density at radius 1 is 1.50 bits per heavy atom. The van der Waals surface area contributed by atoms with Crippen molar-refractivity contribution in [3.8, 4) is 0 Å². The van der Waals surface area contributed by atoms with Crippen LogP contribution in [-0.4, -0.2) is 11.5 Å². The Morgan fingerprint density at radius 3 is 2.79 bits per heavy atom. The number of pyridine rings is 1. The van der Waals surface area contributed by atoms with E-state index in [0.29, 0.717) is 0 Å². The quantitative estimate of drug-likeness (QED) is 0.721.